The summed E-state index contributed by atoms with van der Waals surface area (Å²) in [7, 11) is 0. The van der Waals surface area contributed by atoms with E-state index in [0.29, 0.717) is 18.8 Å². The van der Waals surface area contributed by atoms with Crippen LogP contribution in [0.2, 0.25) is 0 Å². The standard InChI is InChI=1S/C13H12FN5/c1-9-16-17-13-8-18(5-6-19(9)13)12-4-2-3-11(14)10(12)7-15/h2-4H,5-6,8H2,1H3. The second-order valence-corrected chi connectivity index (χ2v) is 4.48. The lowest BCUT2D eigenvalue weighted by atomic mass is 10.1. The van der Waals surface area contributed by atoms with Gasteiger partial charge in [0.2, 0.25) is 0 Å². The number of aromatic nitrogens is 3. The molecule has 0 amide bonds. The van der Waals surface area contributed by atoms with E-state index >= 15 is 0 Å². The minimum absolute atomic E-state index is 0.0900. The van der Waals surface area contributed by atoms with Crippen LogP contribution in [0.4, 0.5) is 10.1 Å². The van der Waals surface area contributed by atoms with E-state index in [4.69, 9.17) is 5.26 Å². The number of halogens is 1. The first-order valence-corrected chi connectivity index (χ1v) is 6.03. The molecule has 5 nitrogen and oxygen atoms in total. The van der Waals surface area contributed by atoms with Crippen LogP contribution in [0, 0.1) is 24.1 Å². The Kier molecular flexibility index (Phi) is 2.67. The van der Waals surface area contributed by atoms with Crippen LogP contribution in [0.3, 0.4) is 0 Å². The Balaban J connectivity index is 1.98. The molecule has 0 saturated heterocycles. The van der Waals surface area contributed by atoms with Crippen LogP contribution in [0.1, 0.15) is 17.2 Å². The third-order valence-corrected chi connectivity index (χ3v) is 3.38. The highest BCUT2D eigenvalue weighted by atomic mass is 19.1. The van der Waals surface area contributed by atoms with E-state index in [9.17, 15) is 4.39 Å². The summed E-state index contributed by atoms with van der Waals surface area (Å²) >= 11 is 0. The summed E-state index contributed by atoms with van der Waals surface area (Å²) < 4.78 is 15.7. The highest BCUT2D eigenvalue weighted by molar-refractivity contribution is 5.60. The molecule has 19 heavy (non-hydrogen) atoms. The summed E-state index contributed by atoms with van der Waals surface area (Å²) in [4.78, 5) is 1.96. The molecule has 0 unspecified atom stereocenters. The topological polar surface area (TPSA) is 57.7 Å². The van der Waals surface area contributed by atoms with Gasteiger partial charge in [0.05, 0.1) is 12.2 Å². The second kappa shape index (κ2) is 4.35. The van der Waals surface area contributed by atoms with Crippen molar-refractivity contribution < 1.29 is 4.39 Å². The molecule has 0 fully saturated rings. The molecule has 0 bridgehead atoms. The van der Waals surface area contributed by atoms with Crippen molar-refractivity contribution in [1.82, 2.24) is 14.8 Å². The number of anilines is 1. The fraction of sp³-hybridized carbons (Fsp3) is 0.308. The molecule has 0 radical (unpaired) electrons. The highest BCUT2D eigenvalue weighted by Crippen LogP contribution is 2.26. The van der Waals surface area contributed by atoms with E-state index in [0.717, 1.165) is 18.2 Å². The lowest BCUT2D eigenvalue weighted by Crippen LogP contribution is -2.34. The summed E-state index contributed by atoms with van der Waals surface area (Å²) in [6.45, 7) is 3.91. The monoisotopic (exact) mass is 257 g/mol. The highest BCUT2D eigenvalue weighted by Gasteiger charge is 2.22. The Labute approximate surface area is 109 Å². The first kappa shape index (κ1) is 11.7. The molecule has 6 heteroatoms. The molecular weight excluding hydrogens is 245 g/mol. The normalized spacial score (nSPS) is 14.1. The summed E-state index contributed by atoms with van der Waals surface area (Å²) in [5.41, 5.74) is 0.710. The largest absolute Gasteiger partial charge is 0.361 e. The fourth-order valence-electron chi connectivity index (χ4n) is 2.40. The number of aryl methyl sites for hydroxylation is 1. The van der Waals surface area contributed by atoms with Gasteiger partial charge >= 0.3 is 0 Å². The van der Waals surface area contributed by atoms with Crippen LogP contribution in [-0.4, -0.2) is 21.3 Å². The number of nitrogens with zero attached hydrogens (tertiary/aromatic N) is 5. The Bertz CT molecular complexity index is 670. The molecule has 3 rings (SSSR count). The first-order chi connectivity index (χ1) is 9.20. The third kappa shape index (κ3) is 1.83. The number of hydrogen-bond acceptors (Lipinski definition) is 4. The van der Waals surface area contributed by atoms with Gasteiger partial charge in [-0.2, -0.15) is 5.26 Å². The van der Waals surface area contributed by atoms with Crippen LogP contribution in [0.5, 0.6) is 0 Å². The average molecular weight is 257 g/mol. The van der Waals surface area contributed by atoms with E-state index < -0.39 is 5.82 Å². The number of rotatable bonds is 1. The molecule has 0 aliphatic carbocycles. The molecule has 1 aliphatic heterocycles. The molecule has 0 spiro atoms. The molecule has 0 N–H and O–H groups in total. The van der Waals surface area contributed by atoms with Crippen molar-refractivity contribution in [3.05, 3.63) is 41.2 Å². The van der Waals surface area contributed by atoms with Crippen molar-refractivity contribution in [2.75, 3.05) is 11.4 Å². The first-order valence-electron chi connectivity index (χ1n) is 6.03. The lowest BCUT2D eigenvalue weighted by molar-refractivity contribution is 0.548. The van der Waals surface area contributed by atoms with Gasteiger partial charge in [0.25, 0.3) is 0 Å². The predicted octanol–water partition coefficient (Wildman–Crippen LogP) is 1.62. The summed E-state index contributed by atoms with van der Waals surface area (Å²) in [6.07, 6.45) is 0. The quantitative estimate of drug-likeness (QED) is 0.779. The fourth-order valence-corrected chi connectivity index (χ4v) is 2.40. The minimum atomic E-state index is -0.483. The smallest absolute Gasteiger partial charge is 0.152 e. The van der Waals surface area contributed by atoms with Gasteiger partial charge in [0.15, 0.2) is 5.82 Å². The number of fused-ring (bicyclic) bond motifs is 1. The van der Waals surface area contributed by atoms with Crippen molar-refractivity contribution in [1.29, 1.82) is 5.26 Å². The van der Waals surface area contributed by atoms with Gasteiger partial charge in [-0.25, -0.2) is 4.39 Å². The number of hydrogen-bond donors (Lipinski definition) is 0. The summed E-state index contributed by atoms with van der Waals surface area (Å²) in [5, 5.41) is 17.2. The van der Waals surface area contributed by atoms with Crippen molar-refractivity contribution in [2.24, 2.45) is 0 Å². The van der Waals surface area contributed by atoms with Gasteiger partial charge in [-0.15, -0.1) is 10.2 Å². The molecular formula is C13H12FN5. The van der Waals surface area contributed by atoms with Gasteiger partial charge in [0, 0.05) is 13.1 Å². The zero-order chi connectivity index (χ0) is 13.4. The molecule has 2 aromatic rings. The summed E-state index contributed by atoms with van der Waals surface area (Å²) in [5.74, 6) is 1.24. The number of nitriles is 1. The maximum atomic E-state index is 13.6. The molecule has 0 atom stereocenters. The van der Waals surface area contributed by atoms with Gasteiger partial charge in [-0.05, 0) is 19.1 Å². The van der Waals surface area contributed by atoms with Crippen LogP contribution in [0.15, 0.2) is 18.2 Å². The third-order valence-electron chi connectivity index (χ3n) is 3.38. The Morgan fingerprint density at radius 2 is 2.16 bits per heavy atom. The maximum absolute atomic E-state index is 13.6. The van der Waals surface area contributed by atoms with Crippen molar-refractivity contribution in [3.63, 3.8) is 0 Å². The Morgan fingerprint density at radius 3 is 2.95 bits per heavy atom. The van der Waals surface area contributed by atoms with E-state index in [1.807, 2.05) is 22.5 Å². The predicted molar refractivity (Wildman–Crippen MR) is 66.9 cm³/mol. The molecule has 2 heterocycles. The van der Waals surface area contributed by atoms with Crippen LogP contribution in [0.25, 0.3) is 0 Å². The second-order valence-electron chi connectivity index (χ2n) is 4.48. The summed E-state index contributed by atoms with van der Waals surface area (Å²) in [6, 6.07) is 6.62. The van der Waals surface area contributed by atoms with Crippen LogP contribution < -0.4 is 4.90 Å². The van der Waals surface area contributed by atoms with Gasteiger partial charge in [-0.3, -0.25) is 0 Å². The van der Waals surface area contributed by atoms with Gasteiger partial charge in [0.1, 0.15) is 23.3 Å². The molecule has 0 saturated carbocycles. The Morgan fingerprint density at radius 1 is 1.32 bits per heavy atom. The van der Waals surface area contributed by atoms with Crippen LogP contribution >= 0.6 is 0 Å². The zero-order valence-electron chi connectivity index (χ0n) is 10.5. The van der Waals surface area contributed by atoms with Crippen LogP contribution in [-0.2, 0) is 13.1 Å². The SMILES string of the molecule is Cc1nnc2n1CCN(c1cccc(F)c1C#N)C2. The van der Waals surface area contributed by atoms with Crippen molar-refractivity contribution >= 4 is 5.69 Å². The molecule has 1 aliphatic rings. The van der Waals surface area contributed by atoms with Crippen molar-refractivity contribution in [2.45, 2.75) is 20.0 Å². The van der Waals surface area contributed by atoms with E-state index in [1.54, 1.807) is 12.1 Å². The average Bonchev–Trinajstić information content (AvgIpc) is 2.79. The number of benzene rings is 1. The van der Waals surface area contributed by atoms with Gasteiger partial charge in [-0.1, -0.05) is 6.07 Å². The molecule has 1 aromatic heterocycles. The molecule has 1 aromatic carbocycles. The van der Waals surface area contributed by atoms with E-state index in [2.05, 4.69) is 10.2 Å². The van der Waals surface area contributed by atoms with Gasteiger partial charge < -0.3 is 9.47 Å². The zero-order valence-corrected chi connectivity index (χ0v) is 10.5. The van der Waals surface area contributed by atoms with E-state index in [1.165, 1.54) is 6.07 Å². The minimum Gasteiger partial charge on any atom is -0.361 e. The molecule has 96 valence electrons. The maximum Gasteiger partial charge on any atom is 0.152 e. The lowest BCUT2D eigenvalue weighted by Gasteiger charge is -2.30. The Hall–Kier alpha value is -2.42. The van der Waals surface area contributed by atoms with E-state index in [-0.39, 0.29) is 5.56 Å². The van der Waals surface area contributed by atoms with Crippen molar-refractivity contribution in [3.8, 4) is 6.07 Å².